The molecule has 190 valence electrons. The van der Waals surface area contributed by atoms with Gasteiger partial charge in [-0.25, -0.2) is 9.97 Å². The Morgan fingerprint density at radius 3 is 1.65 bits per heavy atom. The molecule has 0 bridgehead atoms. The maximum absolute atomic E-state index is 4.64. The van der Waals surface area contributed by atoms with E-state index in [1.807, 2.05) is 12.4 Å². The zero-order valence-corrected chi connectivity index (χ0v) is 22.7. The normalized spacial score (nSPS) is 12.2. The van der Waals surface area contributed by atoms with Gasteiger partial charge < -0.3 is 0 Å². The van der Waals surface area contributed by atoms with Gasteiger partial charge in [0.05, 0.1) is 0 Å². The van der Waals surface area contributed by atoms with Gasteiger partial charge in [0.1, 0.15) is 0 Å². The SMILES string of the molecule is CCCCCCCCCCCCc1ccc(-c2ncc(CCCCCCC(C)CC)cn2)cc1. The summed E-state index contributed by atoms with van der Waals surface area (Å²) < 4.78 is 0. The molecule has 0 spiro atoms. The van der Waals surface area contributed by atoms with E-state index in [-0.39, 0.29) is 0 Å². The summed E-state index contributed by atoms with van der Waals surface area (Å²) in [4.78, 5) is 9.29. The Hall–Kier alpha value is -1.70. The van der Waals surface area contributed by atoms with Crippen molar-refractivity contribution >= 4 is 0 Å². The van der Waals surface area contributed by atoms with E-state index in [2.05, 4.69) is 55.0 Å². The van der Waals surface area contributed by atoms with Crippen molar-refractivity contribution in [2.24, 2.45) is 5.92 Å². The lowest BCUT2D eigenvalue weighted by Gasteiger charge is -2.07. The molecule has 0 saturated heterocycles. The smallest absolute Gasteiger partial charge is 0.159 e. The van der Waals surface area contributed by atoms with Gasteiger partial charge in [0.2, 0.25) is 0 Å². The lowest BCUT2D eigenvalue weighted by molar-refractivity contribution is 0.474. The van der Waals surface area contributed by atoms with Gasteiger partial charge in [0, 0.05) is 18.0 Å². The highest BCUT2D eigenvalue weighted by molar-refractivity contribution is 5.55. The predicted octanol–water partition coefficient (Wildman–Crippen LogP) is 10.1. The van der Waals surface area contributed by atoms with Crippen LogP contribution in [0.4, 0.5) is 0 Å². The van der Waals surface area contributed by atoms with Crippen molar-refractivity contribution in [2.45, 2.75) is 136 Å². The van der Waals surface area contributed by atoms with Crippen molar-refractivity contribution < 1.29 is 0 Å². The van der Waals surface area contributed by atoms with Crippen LogP contribution >= 0.6 is 0 Å². The average Bonchev–Trinajstić information content (AvgIpc) is 2.88. The Balaban J connectivity index is 1.58. The number of aromatic nitrogens is 2. The van der Waals surface area contributed by atoms with Crippen LogP contribution in [0.5, 0.6) is 0 Å². The van der Waals surface area contributed by atoms with Gasteiger partial charge in [-0.15, -0.1) is 0 Å². The zero-order valence-electron chi connectivity index (χ0n) is 22.7. The van der Waals surface area contributed by atoms with Crippen molar-refractivity contribution in [2.75, 3.05) is 0 Å². The molecular formula is C32H52N2. The largest absolute Gasteiger partial charge is 0.236 e. The van der Waals surface area contributed by atoms with E-state index in [1.165, 1.54) is 120 Å². The van der Waals surface area contributed by atoms with Crippen LogP contribution in [-0.4, -0.2) is 9.97 Å². The Bertz CT molecular complexity index is 720. The van der Waals surface area contributed by atoms with E-state index in [0.717, 1.165) is 23.7 Å². The van der Waals surface area contributed by atoms with E-state index in [4.69, 9.17) is 0 Å². The van der Waals surface area contributed by atoms with Crippen LogP contribution in [0.25, 0.3) is 11.4 Å². The maximum atomic E-state index is 4.64. The van der Waals surface area contributed by atoms with Crippen molar-refractivity contribution in [1.82, 2.24) is 9.97 Å². The highest BCUT2D eigenvalue weighted by atomic mass is 14.9. The Labute approximate surface area is 211 Å². The first-order valence-corrected chi connectivity index (χ1v) is 14.6. The molecule has 1 heterocycles. The molecule has 0 aliphatic carbocycles. The molecular weight excluding hydrogens is 412 g/mol. The third-order valence-corrected chi connectivity index (χ3v) is 7.35. The molecule has 2 heteroatoms. The third-order valence-electron chi connectivity index (χ3n) is 7.35. The van der Waals surface area contributed by atoms with Crippen LogP contribution in [0.1, 0.15) is 135 Å². The third kappa shape index (κ3) is 12.7. The minimum Gasteiger partial charge on any atom is -0.236 e. The van der Waals surface area contributed by atoms with E-state index in [0.29, 0.717) is 0 Å². The highest BCUT2D eigenvalue weighted by Crippen LogP contribution is 2.19. The summed E-state index contributed by atoms with van der Waals surface area (Å²) in [7, 11) is 0. The molecule has 2 nitrogen and oxygen atoms in total. The fraction of sp³-hybridized carbons (Fsp3) is 0.688. The van der Waals surface area contributed by atoms with Gasteiger partial charge in [0.25, 0.3) is 0 Å². The lowest BCUT2D eigenvalue weighted by Crippen LogP contribution is -1.94. The Kier molecular flexibility index (Phi) is 15.6. The first-order chi connectivity index (χ1) is 16.7. The first-order valence-electron chi connectivity index (χ1n) is 14.6. The van der Waals surface area contributed by atoms with Crippen LogP contribution in [0.2, 0.25) is 0 Å². The highest BCUT2D eigenvalue weighted by Gasteiger charge is 2.03. The number of hydrogen-bond acceptors (Lipinski definition) is 2. The molecule has 1 unspecified atom stereocenters. The van der Waals surface area contributed by atoms with Crippen LogP contribution in [-0.2, 0) is 12.8 Å². The molecule has 0 aliphatic rings. The van der Waals surface area contributed by atoms with Gasteiger partial charge in [-0.2, -0.15) is 0 Å². The molecule has 2 aromatic rings. The van der Waals surface area contributed by atoms with Crippen LogP contribution in [0, 0.1) is 5.92 Å². The molecule has 34 heavy (non-hydrogen) atoms. The van der Waals surface area contributed by atoms with Crippen molar-refractivity contribution in [3.8, 4) is 11.4 Å². The van der Waals surface area contributed by atoms with E-state index >= 15 is 0 Å². The summed E-state index contributed by atoms with van der Waals surface area (Å²) in [6, 6.07) is 8.91. The summed E-state index contributed by atoms with van der Waals surface area (Å²) in [6.07, 6.45) is 28.3. The number of benzene rings is 1. The summed E-state index contributed by atoms with van der Waals surface area (Å²) in [6.45, 7) is 6.95. The summed E-state index contributed by atoms with van der Waals surface area (Å²) in [5.41, 5.74) is 3.83. The topological polar surface area (TPSA) is 25.8 Å². The molecule has 1 atom stereocenters. The quantitative estimate of drug-likeness (QED) is 0.182. The predicted molar refractivity (Wildman–Crippen MR) is 149 cm³/mol. The van der Waals surface area contributed by atoms with Crippen molar-refractivity contribution in [3.63, 3.8) is 0 Å². The number of nitrogens with zero attached hydrogens (tertiary/aromatic N) is 2. The van der Waals surface area contributed by atoms with Gasteiger partial charge in [-0.05, 0) is 42.7 Å². The minimum atomic E-state index is 0.850. The van der Waals surface area contributed by atoms with Gasteiger partial charge in [-0.1, -0.05) is 135 Å². The second-order valence-corrected chi connectivity index (χ2v) is 10.5. The fourth-order valence-electron chi connectivity index (χ4n) is 4.65. The van der Waals surface area contributed by atoms with Gasteiger partial charge >= 0.3 is 0 Å². The molecule has 0 amide bonds. The monoisotopic (exact) mass is 464 g/mol. The van der Waals surface area contributed by atoms with Crippen LogP contribution in [0.3, 0.4) is 0 Å². The van der Waals surface area contributed by atoms with Crippen LogP contribution in [0.15, 0.2) is 36.7 Å². The molecule has 1 aromatic carbocycles. The molecule has 1 aromatic heterocycles. The second-order valence-electron chi connectivity index (χ2n) is 10.5. The van der Waals surface area contributed by atoms with Crippen molar-refractivity contribution in [1.29, 1.82) is 0 Å². The second kappa shape index (κ2) is 18.6. The fourth-order valence-corrected chi connectivity index (χ4v) is 4.65. The Morgan fingerprint density at radius 1 is 0.588 bits per heavy atom. The summed E-state index contributed by atoms with van der Waals surface area (Å²) in [5, 5.41) is 0. The minimum absolute atomic E-state index is 0.850. The average molecular weight is 465 g/mol. The summed E-state index contributed by atoms with van der Waals surface area (Å²) >= 11 is 0. The molecule has 2 rings (SSSR count). The number of aryl methyl sites for hydroxylation is 2. The van der Waals surface area contributed by atoms with Gasteiger partial charge in [0.15, 0.2) is 5.82 Å². The number of unbranched alkanes of at least 4 members (excludes halogenated alkanes) is 12. The number of rotatable bonds is 20. The van der Waals surface area contributed by atoms with Crippen LogP contribution < -0.4 is 0 Å². The molecule has 0 fully saturated rings. The molecule has 0 radical (unpaired) electrons. The van der Waals surface area contributed by atoms with Gasteiger partial charge in [-0.3, -0.25) is 0 Å². The standard InChI is InChI=1S/C32H52N2/c1-4-6-7-8-9-10-11-12-13-17-20-29-22-24-31(25-23-29)32-33-26-30(27-34-32)21-18-15-14-16-19-28(3)5-2/h22-28H,4-21H2,1-3H3. The first kappa shape index (κ1) is 28.5. The summed E-state index contributed by atoms with van der Waals surface area (Å²) in [5.74, 6) is 1.73. The molecule has 0 aliphatic heterocycles. The van der Waals surface area contributed by atoms with Crippen molar-refractivity contribution in [3.05, 3.63) is 47.8 Å². The maximum Gasteiger partial charge on any atom is 0.159 e. The zero-order chi connectivity index (χ0) is 24.3. The van der Waals surface area contributed by atoms with E-state index < -0.39 is 0 Å². The molecule has 0 saturated carbocycles. The lowest BCUT2D eigenvalue weighted by atomic mass is 10.00. The Morgan fingerprint density at radius 2 is 1.09 bits per heavy atom. The number of hydrogen-bond donors (Lipinski definition) is 0. The van der Waals surface area contributed by atoms with E-state index in [9.17, 15) is 0 Å². The molecule has 0 N–H and O–H groups in total. The van der Waals surface area contributed by atoms with E-state index in [1.54, 1.807) is 0 Å².